The summed E-state index contributed by atoms with van der Waals surface area (Å²) >= 11 is 0. The maximum absolute atomic E-state index is 12.9. The van der Waals surface area contributed by atoms with Crippen LogP contribution in [0.5, 0.6) is 0 Å². The number of fused-ring (bicyclic) bond motifs is 1. The molecular weight excluding hydrogens is 294 g/mol. The predicted molar refractivity (Wildman–Crippen MR) is 67.8 cm³/mol. The van der Waals surface area contributed by atoms with Crippen LogP contribution in [0.25, 0.3) is 10.8 Å². The summed E-state index contributed by atoms with van der Waals surface area (Å²) in [7, 11) is 0. The number of non-ortho nitro benzene ring substituents is 1. The van der Waals surface area contributed by atoms with E-state index in [1.165, 1.54) is 24.5 Å². The summed E-state index contributed by atoms with van der Waals surface area (Å²) in [6.07, 6.45) is -1.25. The SMILES string of the molecule is O=[N+]([O-])c1ccc(NCC(F)(F)C(F)F)c2cnccc12. The molecule has 2 rings (SSSR count). The summed E-state index contributed by atoms with van der Waals surface area (Å²) in [5.41, 5.74) is -0.150. The number of anilines is 1. The zero-order valence-corrected chi connectivity index (χ0v) is 10.4. The molecule has 0 saturated carbocycles. The van der Waals surface area contributed by atoms with Crippen molar-refractivity contribution in [3.05, 3.63) is 40.7 Å². The molecule has 0 unspecified atom stereocenters. The van der Waals surface area contributed by atoms with Crippen molar-refractivity contribution in [1.82, 2.24) is 4.98 Å². The molecule has 0 bridgehead atoms. The van der Waals surface area contributed by atoms with E-state index < -0.39 is 23.8 Å². The van der Waals surface area contributed by atoms with E-state index in [9.17, 15) is 27.7 Å². The Morgan fingerprint density at radius 2 is 2.00 bits per heavy atom. The van der Waals surface area contributed by atoms with Crippen LogP contribution in [0.2, 0.25) is 0 Å². The highest BCUT2D eigenvalue weighted by molar-refractivity contribution is 5.99. The van der Waals surface area contributed by atoms with Gasteiger partial charge in [0.15, 0.2) is 0 Å². The Hall–Kier alpha value is -2.45. The average Bonchev–Trinajstić information content (AvgIpc) is 2.44. The van der Waals surface area contributed by atoms with Crippen LogP contribution in [0, 0.1) is 10.1 Å². The number of hydrogen-bond acceptors (Lipinski definition) is 4. The molecule has 0 saturated heterocycles. The zero-order valence-electron chi connectivity index (χ0n) is 10.4. The number of pyridine rings is 1. The quantitative estimate of drug-likeness (QED) is 0.522. The number of nitro groups is 1. The third kappa shape index (κ3) is 3.01. The van der Waals surface area contributed by atoms with Gasteiger partial charge in [-0.1, -0.05) is 0 Å². The van der Waals surface area contributed by atoms with Crippen molar-refractivity contribution in [1.29, 1.82) is 0 Å². The Labute approximate surface area is 115 Å². The van der Waals surface area contributed by atoms with Gasteiger partial charge in [-0.3, -0.25) is 15.1 Å². The predicted octanol–water partition coefficient (Wildman–Crippen LogP) is 3.46. The second-order valence-electron chi connectivity index (χ2n) is 4.23. The number of nitro benzene ring substituents is 1. The van der Waals surface area contributed by atoms with E-state index in [1.807, 2.05) is 0 Å². The van der Waals surface area contributed by atoms with Crippen molar-refractivity contribution in [3.63, 3.8) is 0 Å². The highest BCUT2D eigenvalue weighted by atomic mass is 19.3. The Morgan fingerprint density at radius 3 is 2.62 bits per heavy atom. The molecular formula is C12H9F4N3O2. The summed E-state index contributed by atoms with van der Waals surface area (Å²) in [6, 6.07) is 3.65. The molecule has 9 heteroatoms. The van der Waals surface area contributed by atoms with Gasteiger partial charge in [-0.25, -0.2) is 8.78 Å². The average molecular weight is 303 g/mol. The van der Waals surface area contributed by atoms with Gasteiger partial charge in [-0.2, -0.15) is 8.78 Å². The lowest BCUT2D eigenvalue weighted by molar-refractivity contribution is -0.383. The summed E-state index contributed by atoms with van der Waals surface area (Å²) in [5.74, 6) is -4.20. The van der Waals surface area contributed by atoms with Crippen molar-refractivity contribution < 1.29 is 22.5 Å². The first-order valence-corrected chi connectivity index (χ1v) is 5.74. The lowest BCUT2D eigenvalue weighted by atomic mass is 10.1. The minimum Gasteiger partial charge on any atom is -0.378 e. The molecule has 0 amide bonds. The van der Waals surface area contributed by atoms with Crippen molar-refractivity contribution >= 4 is 22.1 Å². The highest BCUT2D eigenvalue weighted by Gasteiger charge is 2.40. The molecule has 112 valence electrons. The standard InChI is InChI=1S/C12H9F4N3O2/c13-11(14)12(15,16)6-18-9-1-2-10(19(20)21)7-3-4-17-5-8(7)9/h1-5,11,18H,6H2. The first-order chi connectivity index (χ1) is 9.83. The number of nitrogens with zero attached hydrogens (tertiary/aromatic N) is 2. The van der Waals surface area contributed by atoms with Crippen LogP contribution in [0.15, 0.2) is 30.6 Å². The minimum atomic E-state index is -4.20. The van der Waals surface area contributed by atoms with E-state index in [-0.39, 0.29) is 22.1 Å². The lowest BCUT2D eigenvalue weighted by Crippen LogP contribution is -2.34. The molecule has 0 fully saturated rings. The molecule has 0 spiro atoms. The molecule has 1 N–H and O–H groups in total. The fourth-order valence-corrected chi connectivity index (χ4v) is 1.78. The van der Waals surface area contributed by atoms with E-state index in [0.29, 0.717) is 0 Å². The molecule has 0 aliphatic rings. The molecule has 0 aliphatic heterocycles. The molecule has 21 heavy (non-hydrogen) atoms. The number of rotatable bonds is 5. The second-order valence-corrected chi connectivity index (χ2v) is 4.23. The lowest BCUT2D eigenvalue weighted by Gasteiger charge is -2.17. The Balaban J connectivity index is 2.38. The van der Waals surface area contributed by atoms with Gasteiger partial charge in [0.05, 0.1) is 16.9 Å². The molecule has 0 aliphatic carbocycles. The molecule has 0 atom stereocenters. The van der Waals surface area contributed by atoms with Crippen LogP contribution in [0.4, 0.5) is 28.9 Å². The zero-order chi connectivity index (χ0) is 15.6. The first-order valence-electron chi connectivity index (χ1n) is 5.74. The van der Waals surface area contributed by atoms with Crippen LogP contribution in [0.1, 0.15) is 0 Å². The first kappa shape index (κ1) is 14.9. The van der Waals surface area contributed by atoms with Crippen LogP contribution in [-0.4, -0.2) is 28.8 Å². The van der Waals surface area contributed by atoms with Crippen molar-refractivity contribution in [2.45, 2.75) is 12.3 Å². The number of aromatic nitrogens is 1. The summed E-state index contributed by atoms with van der Waals surface area (Å²) in [5, 5.41) is 13.4. The van der Waals surface area contributed by atoms with Gasteiger partial charge in [-0.05, 0) is 12.1 Å². The largest absolute Gasteiger partial charge is 0.378 e. The van der Waals surface area contributed by atoms with Crippen LogP contribution >= 0.6 is 0 Å². The van der Waals surface area contributed by atoms with Gasteiger partial charge in [0.2, 0.25) is 0 Å². The molecule has 1 heterocycles. The van der Waals surface area contributed by atoms with E-state index in [2.05, 4.69) is 10.3 Å². The number of hydrogen-bond donors (Lipinski definition) is 1. The minimum absolute atomic E-state index is 0.0732. The third-order valence-corrected chi connectivity index (χ3v) is 2.83. The Bertz CT molecular complexity index is 679. The second kappa shape index (κ2) is 5.51. The number of nitrogens with one attached hydrogen (secondary N) is 1. The number of halogens is 4. The van der Waals surface area contributed by atoms with Gasteiger partial charge in [-0.15, -0.1) is 0 Å². The molecule has 0 radical (unpaired) electrons. The molecule has 5 nitrogen and oxygen atoms in total. The van der Waals surface area contributed by atoms with E-state index >= 15 is 0 Å². The maximum Gasteiger partial charge on any atom is 0.324 e. The van der Waals surface area contributed by atoms with Crippen LogP contribution < -0.4 is 5.32 Å². The monoisotopic (exact) mass is 303 g/mol. The normalized spacial score (nSPS) is 11.9. The molecule has 2 aromatic rings. The summed E-state index contributed by atoms with van der Waals surface area (Å²) < 4.78 is 50.0. The topological polar surface area (TPSA) is 68.1 Å². The van der Waals surface area contributed by atoms with Crippen molar-refractivity contribution in [3.8, 4) is 0 Å². The van der Waals surface area contributed by atoms with E-state index in [0.717, 1.165) is 6.07 Å². The fraction of sp³-hybridized carbons (Fsp3) is 0.250. The Kier molecular flexibility index (Phi) is 3.92. The molecule has 1 aromatic carbocycles. The summed E-state index contributed by atoms with van der Waals surface area (Å²) in [6.45, 7) is -1.29. The maximum atomic E-state index is 12.9. The Morgan fingerprint density at radius 1 is 1.29 bits per heavy atom. The number of alkyl halides is 4. The fourth-order valence-electron chi connectivity index (χ4n) is 1.78. The number of benzene rings is 1. The van der Waals surface area contributed by atoms with E-state index in [1.54, 1.807) is 0 Å². The highest BCUT2D eigenvalue weighted by Crippen LogP contribution is 2.32. The van der Waals surface area contributed by atoms with Gasteiger partial charge in [0.1, 0.15) is 0 Å². The van der Waals surface area contributed by atoms with Gasteiger partial charge >= 0.3 is 12.3 Å². The van der Waals surface area contributed by atoms with Crippen LogP contribution in [-0.2, 0) is 0 Å². The summed E-state index contributed by atoms with van der Waals surface area (Å²) in [4.78, 5) is 14.0. The van der Waals surface area contributed by atoms with Gasteiger partial charge < -0.3 is 5.32 Å². The molecule has 1 aromatic heterocycles. The van der Waals surface area contributed by atoms with Crippen molar-refractivity contribution in [2.75, 3.05) is 11.9 Å². The van der Waals surface area contributed by atoms with Gasteiger partial charge in [0, 0.05) is 29.5 Å². The van der Waals surface area contributed by atoms with Gasteiger partial charge in [0.25, 0.3) is 5.69 Å². The van der Waals surface area contributed by atoms with E-state index in [4.69, 9.17) is 0 Å². The third-order valence-electron chi connectivity index (χ3n) is 2.83. The van der Waals surface area contributed by atoms with Crippen LogP contribution in [0.3, 0.4) is 0 Å². The van der Waals surface area contributed by atoms with Crippen molar-refractivity contribution in [2.24, 2.45) is 0 Å². The smallest absolute Gasteiger partial charge is 0.324 e.